The molecule has 0 aliphatic heterocycles. The fourth-order valence-corrected chi connectivity index (χ4v) is 0.714. The van der Waals surface area contributed by atoms with Gasteiger partial charge in [-0.2, -0.15) is 12.6 Å². The van der Waals surface area contributed by atoms with Gasteiger partial charge in [-0.25, -0.2) is 0 Å². The first-order valence-electron chi connectivity index (χ1n) is 3.10. The number of aliphatic hydroxyl groups is 1. The molecule has 0 aliphatic rings. The Labute approximate surface area is 56.5 Å². The smallest absolute Gasteiger partial charge is 0.0547 e. The van der Waals surface area contributed by atoms with Gasteiger partial charge in [0.1, 0.15) is 0 Å². The number of rotatable bonds is 4. The van der Waals surface area contributed by atoms with E-state index in [1.54, 1.807) is 0 Å². The molecule has 0 aromatic carbocycles. The molecule has 0 heterocycles. The Balaban J connectivity index is 2.86. The average molecular weight is 134 g/mol. The Hall–Kier alpha value is 0.310. The molecule has 0 aromatic heterocycles. The van der Waals surface area contributed by atoms with Crippen LogP contribution in [-0.2, 0) is 0 Å². The first kappa shape index (κ1) is 8.31. The lowest BCUT2D eigenvalue weighted by Crippen LogP contribution is -2.03. The predicted octanol–water partition coefficient (Wildman–Crippen LogP) is 1.47. The summed E-state index contributed by atoms with van der Waals surface area (Å²) in [6.45, 7) is 2.35. The molecular weight excluding hydrogens is 120 g/mol. The molecule has 0 fully saturated rings. The molecule has 1 N–H and O–H groups in total. The van der Waals surface area contributed by atoms with Gasteiger partial charge in [0.05, 0.1) is 6.61 Å². The second-order valence-electron chi connectivity index (χ2n) is 1.98. The first-order chi connectivity index (χ1) is 3.81. The highest BCUT2D eigenvalue weighted by Gasteiger charge is 1.96. The molecule has 0 aliphatic carbocycles. The minimum atomic E-state index is 0.204. The largest absolute Gasteiger partial charge is 0.395 e. The fraction of sp³-hybridized carbons (Fsp3) is 1.00. The zero-order chi connectivity index (χ0) is 6.41. The zero-order valence-corrected chi connectivity index (χ0v) is 6.19. The van der Waals surface area contributed by atoms with E-state index >= 15 is 0 Å². The lowest BCUT2D eigenvalue weighted by atomic mass is 10.2. The van der Waals surface area contributed by atoms with Crippen LogP contribution in [0.2, 0.25) is 0 Å². The summed E-state index contributed by atoms with van der Waals surface area (Å²) in [4.78, 5) is 0. The number of thiol groups is 1. The third-order valence-corrected chi connectivity index (χ3v) is 1.52. The van der Waals surface area contributed by atoms with Gasteiger partial charge in [0.2, 0.25) is 0 Å². The molecular formula is C6H14OS. The quantitative estimate of drug-likeness (QED) is 0.558. The molecule has 0 aromatic rings. The lowest BCUT2D eigenvalue weighted by Gasteiger charge is -2.02. The lowest BCUT2D eigenvalue weighted by molar-refractivity contribution is 0.289. The van der Waals surface area contributed by atoms with Crippen LogP contribution in [0.3, 0.4) is 0 Å². The zero-order valence-electron chi connectivity index (χ0n) is 5.30. The SMILES string of the molecule is CCCC[C@@H](S)CO. The van der Waals surface area contributed by atoms with Crippen LogP contribution < -0.4 is 0 Å². The van der Waals surface area contributed by atoms with Crippen molar-refractivity contribution in [3.8, 4) is 0 Å². The number of hydrogen-bond acceptors (Lipinski definition) is 2. The van der Waals surface area contributed by atoms with Crippen molar-refractivity contribution < 1.29 is 5.11 Å². The Morgan fingerprint density at radius 1 is 1.62 bits per heavy atom. The molecule has 1 nitrogen and oxygen atoms in total. The van der Waals surface area contributed by atoms with Gasteiger partial charge >= 0.3 is 0 Å². The van der Waals surface area contributed by atoms with Crippen molar-refractivity contribution in [1.29, 1.82) is 0 Å². The van der Waals surface area contributed by atoms with E-state index in [4.69, 9.17) is 5.11 Å². The van der Waals surface area contributed by atoms with Crippen LogP contribution in [-0.4, -0.2) is 17.0 Å². The van der Waals surface area contributed by atoms with Crippen molar-refractivity contribution in [2.45, 2.75) is 31.4 Å². The van der Waals surface area contributed by atoms with Crippen molar-refractivity contribution in [3.05, 3.63) is 0 Å². The Kier molecular flexibility index (Phi) is 5.66. The third kappa shape index (κ3) is 4.47. The van der Waals surface area contributed by atoms with Crippen LogP contribution in [0.15, 0.2) is 0 Å². The summed E-state index contributed by atoms with van der Waals surface area (Å²) in [7, 11) is 0. The summed E-state index contributed by atoms with van der Waals surface area (Å²) in [6.07, 6.45) is 3.40. The maximum absolute atomic E-state index is 8.49. The highest BCUT2D eigenvalue weighted by molar-refractivity contribution is 7.81. The maximum atomic E-state index is 8.49. The Bertz CT molecular complexity index is 47.8. The standard InChI is InChI=1S/C6H14OS/c1-2-3-4-6(8)5-7/h6-8H,2-5H2,1H3/t6-/m1/s1. The van der Waals surface area contributed by atoms with Crippen LogP contribution >= 0.6 is 12.6 Å². The van der Waals surface area contributed by atoms with Gasteiger partial charge in [0.15, 0.2) is 0 Å². The topological polar surface area (TPSA) is 20.2 Å². The minimum Gasteiger partial charge on any atom is -0.395 e. The summed E-state index contributed by atoms with van der Waals surface area (Å²) in [6, 6.07) is 0. The molecule has 0 radical (unpaired) electrons. The van der Waals surface area contributed by atoms with E-state index in [-0.39, 0.29) is 11.9 Å². The second-order valence-corrected chi connectivity index (χ2v) is 2.71. The average Bonchev–Trinajstić information content (AvgIpc) is 1.83. The maximum Gasteiger partial charge on any atom is 0.0547 e. The van der Waals surface area contributed by atoms with Gasteiger partial charge in [0, 0.05) is 5.25 Å². The van der Waals surface area contributed by atoms with Crippen LogP contribution in [0.5, 0.6) is 0 Å². The van der Waals surface area contributed by atoms with E-state index in [9.17, 15) is 0 Å². The van der Waals surface area contributed by atoms with Crippen LogP contribution in [0.1, 0.15) is 26.2 Å². The summed E-state index contributed by atoms with van der Waals surface area (Å²) < 4.78 is 0. The summed E-state index contributed by atoms with van der Waals surface area (Å²) in [5.74, 6) is 0. The fourth-order valence-electron chi connectivity index (χ4n) is 0.531. The molecule has 0 bridgehead atoms. The summed E-state index contributed by atoms with van der Waals surface area (Å²) in [5.41, 5.74) is 0. The van der Waals surface area contributed by atoms with E-state index in [2.05, 4.69) is 19.6 Å². The van der Waals surface area contributed by atoms with Crippen molar-refractivity contribution in [2.75, 3.05) is 6.61 Å². The molecule has 2 heteroatoms. The predicted molar refractivity (Wildman–Crippen MR) is 39.4 cm³/mol. The number of aliphatic hydroxyl groups excluding tert-OH is 1. The Morgan fingerprint density at radius 3 is 2.62 bits per heavy atom. The highest BCUT2D eigenvalue weighted by Crippen LogP contribution is 2.04. The molecule has 0 saturated heterocycles. The van der Waals surface area contributed by atoms with Crippen LogP contribution in [0.25, 0.3) is 0 Å². The first-order valence-corrected chi connectivity index (χ1v) is 3.61. The molecule has 0 rings (SSSR count). The molecule has 8 heavy (non-hydrogen) atoms. The molecule has 0 saturated carbocycles. The normalized spacial score (nSPS) is 13.9. The molecule has 0 amide bonds. The van der Waals surface area contributed by atoms with Crippen LogP contribution in [0.4, 0.5) is 0 Å². The summed E-state index contributed by atoms with van der Waals surface area (Å²) >= 11 is 4.11. The molecule has 50 valence electrons. The second kappa shape index (κ2) is 5.45. The monoisotopic (exact) mass is 134 g/mol. The van der Waals surface area contributed by atoms with E-state index in [0.717, 1.165) is 6.42 Å². The van der Waals surface area contributed by atoms with Gasteiger partial charge in [-0.1, -0.05) is 19.8 Å². The molecule has 0 unspecified atom stereocenters. The van der Waals surface area contributed by atoms with Crippen molar-refractivity contribution in [2.24, 2.45) is 0 Å². The van der Waals surface area contributed by atoms with Gasteiger partial charge in [-0.15, -0.1) is 0 Å². The van der Waals surface area contributed by atoms with Crippen molar-refractivity contribution >= 4 is 12.6 Å². The highest BCUT2D eigenvalue weighted by atomic mass is 32.1. The van der Waals surface area contributed by atoms with E-state index in [0.29, 0.717) is 0 Å². The van der Waals surface area contributed by atoms with Gasteiger partial charge in [-0.05, 0) is 6.42 Å². The van der Waals surface area contributed by atoms with E-state index in [1.807, 2.05) is 0 Å². The van der Waals surface area contributed by atoms with Crippen LogP contribution in [0, 0.1) is 0 Å². The third-order valence-electron chi connectivity index (χ3n) is 1.10. The van der Waals surface area contributed by atoms with Gasteiger partial charge in [0.25, 0.3) is 0 Å². The van der Waals surface area contributed by atoms with E-state index < -0.39 is 0 Å². The molecule has 0 spiro atoms. The number of unbranched alkanes of at least 4 members (excludes halogenated alkanes) is 1. The number of hydrogen-bond donors (Lipinski definition) is 2. The Morgan fingerprint density at radius 2 is 2.25 bits per heavy atom. The van der Waals surface area contributed by atoms with Crippen molar-refractivity contribution in [1.82, 2.24) is 0 Å². The van der Waals surface area contributed by atoms with Gasteiger partial charge < -0.3 is 5.11 Å². The molecule has 1 atom stereocenters. The summed E-state index contributed by atoms with van der Waals surface area (Å²) in [5, 5.41) is 8.69. The van der Waals surface area contributed by atoms with E-state index in [1.165, 1.54) is 12.8 Å². The van der Waals surface area contributed by atoms with Crippen molar-refractivity contribution in [3.63, 3.8) is 0 Å². The van der Waals surface area contributed by atoms with Gasteiger partial charge in [-0.3, -0.25) is 0 Å². The minimum absolute atomic E-state index is 0.204.